The van der Waals surface area contributed by atoms with Crippen molar-refractivity contribution >= 4 is 28.5 Å². The van der Waals surface area contributed by atoms with Crippen molar-refractivity contribution in [1.82, 2.24) is 9.27 Å². The fourth-order valence-corrected chi connectivity index (χ4v) is 4.62. The Kier molecular flexibility index (Phi) is 4.84. The molecular weight excluding hydrogens is 314 g/mol. The number of nitrogens with one attached hydrogen (secondary N) is 1. The standard InChI is InChI=1S/C16H23N3O3S/c1-10-13(15(20)22-2)14(23-18-10)17-16(21)19-9-5-8-12(19)11-6-3-4-7-11/h11-12H,3-9H2,1-2H3,(H,17,21)/t12-/m1/s1. The summed E-state index contributed by atoms with van der Waals surface area (Å²) in [6.07, 6.45) is 7.14. The van der Waals surface area contributed by atoms with E-state index in [2.05, 4.69) is 9.69 Å². The van der Waals surface area contributed by atoms with E-state index in [9.17, 15) is 9.59 Å². The van der Waals surface area contributed by atoms with Gasteiger partial charge in [-0.3, -0.25) is 5.32 Å². The van der Waals surface area contributed by atoms with Gasteiger partial charge in [0, 0.05) is 12.6 Å². The molecule has 0 aromatic carbocycles. The maximum atomic E-state index is 12.7. The Labute approximate surface area is 140 Å². The minimum Gasteiger partial charge on any atom is -0.465 e. The predicted molar refractivity (Wildman–Crippen MR) is 88.9 cm³/mol. The first-order valence-electron chi connectivity index (χ1n) is 8.24. The number of anilines is 1. The van der Waals surface area contributed by atoms with E-state index >= 15 is 0 Å². The zero-order valence-electron chi connectivity index (χ0n) is 13.6. The highest BCUT2D eigenvalue weighted by atomic mass is 32.1. The average Bonchev–Trinajstić information content (AvgIpc) is 3.26. The molecule has 2 fully saturated rings. The molecule has 2 aliphatic rings. The van der Waals surface area contributed by atoms with Gasteiger partial charge in [0.2, 0.25) is 0 Å². The molecule has 1 aromatic rings. The second-order valence-electron chi connectivity index (χ2n) is 6.34. The van der Waals surface area contributed by atoms with Gasteiger partial charge in [0.1, 0.15) is 10.6 Å². The van der Waals surface area contributed by atoms with Crippen LogP contribution in [-0.4, -0.2) is 41.0 Å². The molecule has 0 radical (unpaired) electrons. The number of rotatable bonds is 3. The van der Waals surface area contributed by atoms with Crippen LogP contribution >= 0.6 is 11.5 Å². The number of esters is 1. The quantitative estimate of drug-likeness (QED) is 0.858. The van der Waals surface area contributed by atoms with Crippen LogP contribution in [-0.2, 0) is 4.74 Å². The van der Waals surface area contributed by atoms with Crippen LogP contribution in [0.25, 0.3) is 0 Å². The van der Waals surface area contributed by atoms with Gasteiger partial charge in [0.25, 0.3) is 0 Å². The lowest BCUT2D eigenvalue weighted by molar-refractivity contribution is 0.0601. The highest BCUT2D eigenvalue weighted by Crippen LogP contribution is 2.36. The summed E-state index contributed by atoms with van der Waals surface area (Å²) in [5.41, 5.74) is 0.952. The fraction of sp³-hybridized carbons (Fsp3) is 0.688. The monoisotopic (exact) mass is 337 g/mol. The topological polar surface area (TPSA) is 71.5 Å². The molecule has 1 aliphatic heterocycles. The van der Waals surface area contributed by atoms with Crippen LogP contribution in [0.5, 0.6) is 0 Å². The third-order valence-corrected chi connectivity index (χ3v) is 5.83. The number of aromatic nitrogens is 1. The van der Waals surface area contributed by atoms with Crippen molar-refractivity contribution in [3.05, 3.63) is 11.3 Å². The number of hydrogen-bond acceptors (Lipinski definition) is 5. The van der Waals surface area contributed by atoms with Gasteiger partial charge in [0.15, 0.2) is 0 Å². The molecule has 1 saturated carbocycles. The molecule has 0 bridgehead atoms. The zero-order valence-corrected chi connectivity index (χ0v) is 14.4. The van der Waals surface area contributed by atoms with Crippen molar-refractivity contribution < 1.29 is 14.3 Å². The molecule has 6 nitrogen and oxygen atoms in total. The maximum absolute atomic E-state index is 12.7. The third kappa shape index (κ3) is 3.20. The highest BCUT2D eigenvalue weighted by molar-refractivity contribution is 7.11. The van der Waals surface area contributed by atoms with E-state index in [0.29, 0.717) is 28.2 Å². The first kappa shape index (κ1) is 16.2. The molecule has 3 rings (SSSR count). The molecule has 1 atom stereocenters. The Balaban J connectivity index is 1.73. The summed E-state index contributed by atoms with van der Waals surface area (Å²) in [6, 6.07) is 0.223. The molecular formula is C16H23N3O3S. The highest BCUT2D eigenvalue weighted by Gasteiger charge is 2.36. The SMILES string of the molecule is COC(=O)c1c(C)nsc1NC(=O)N1CCC[C@@H]1C1CCCC1. The summed E-state index contributed by atoms with van der Waals surface area (Å²) >= 11 is 1.13. The second kappa shape index (κ2) is 6.86. The Bertz CT molecular complexity index is 595. The van der Waals surface area contributed by atoms with Crippen LogP contribution in [0, 0.1) is 12.8 Å². The first-order valence-corrected chi connectivity index (χ1v) is 9.01. The van der Waals surface area contributed by atoms with Crippen LogP contribution in [0.2, 0.25) is 0 Å². The molecule has 23 heavy (non-hydrogen) atoms. The molecule has 1 N–H and O–H groups in total. The second-order valence-corrected chi connectivity index (χ2v) is 7.11. The van der Waals surface area contributed by atoms with Gasteiger partial charge in [-0.2, -0.15) is 4.37 Å². The van der Waals surface area contributed by atoms with E-state index in [1.807, 2.05) is 4.90 Å². The van der Waals surface area contributed by atoms with Gasteiger partial charge in [-0.1, -0.05) is 12.8 Å². The predicted octanol–water partition coefficient (Wildman–Crippen LogP) is 3.42. The minimum atomic E-state index is -0.458. The van der Waals surface area contributed by atoms with Crippen LogP contribution in [0.1, 0.15) is 54.6 Å². The smallest absolute Gasteiger partial charge is 0.342 e. The summed E-state index contributed by atoms with van der Waals surface area (Å²) in [6.45, 7) is 2.54. The van der Waals surface area contributed by atoms with Crippen molar-refractivity contribution in [3.8, 4) is 0 Å². The van der Waals surface area contributed by atoms with E-state index in [1.54, 1.807) is 6.92 Å². The van der Waals surface area contributed by atoms with E-state index < -0.39 is 5.97 Å². The van der Waals surface area contributed by atoms with Gasteiger partial charge >= 0.3 is 12.0 Å². The molecule has 1 aliphatic carbocycles. The molecule has 0 unspecified atom stereocenters. The lowest BCUT2D eigenvalue weighted by Crippen LogP contribution is -2.42. The molecule has 126 valence electrons. The number of ether oxygens (including phenoxy) is 1. The summed E-state index contributed by atoms with van der Waals surface area (Å²) in [7, 11) is 1.33. The van der Waals surface area contributed by atoms with Crippen molar-refractivity contribution in [1.29, 1.82) is 0 Å². The number of hydrogen-bond donors (Lipinski definition) is 1. The van der Waals surface area contributed by atoms with Crippen molar-refractivity contribution in [2.45, 2.75) is 51.5 Å². The number of carbonyl (C=O) groups is 2. The molecule has 2 amide bonds. The van der Waals surface area contributed by atoms with E-state index in [0.717, 1.165) is 30.9 Å². The van der Waals surface area contributed by atoms with Crippen LogP contribution in [0.3, 0.4) is 0 Å². The Morgan fingerprint density at radius 2 is 2.00 bits per heavy atom. The summed E-state index contributed by atoms with van der Waals surface area (Å²) in [4.78, 5) is 26.5. The van der Waals surface area contributed by atoms with Gasteiger partial charge in [-0.05, 0) is 50.1 Å². The maximum Gasteiger partial charge on any atom is 0.342 e. The van der Waals surface area contributed by atoms with Crippen LogP contribution in [0.4, 0.5) is 9.80 Å². The number of methoxy groups -OCH3 is 1. The van der Waals surface area contributed by atoms with E-state index in [4.69, 9.17) is 4.74 Å². The Morgan fingerprint density at radius 1 is 1.26 bits per heavy atom. The summed E-state index contributed by atoms with van der Waals surface area (Å²) < 4.78 is 8.96. The van der Waals surface area contributed by atoms with Crippen molar-refractivity contribution in [3.63, 3.8) is 0 Å². The Hall–Kier alpha value is -1.63. The van der Waals surface area contributed by atoms with Gasteiger partial charge in [-0.25, -0.2) is 9.59 Å². The zero-order chi connectivity index (χ0) is 16.4. The fourth-order valence-electron chi connectivity index (χ4n) is 3.84. The number of urea groups is 1. The number of amides is 2. The minimum absolute atomic E-state index is 0.117. The summed E-state index contributed by atoms with van der Waals surface area (Å²) in [5.74, 6) is 0.173. The van der Waals surface area contributed by atoms with Crippen LogP contribution in [0.15, 0.2) is 0 Å². The number of likely N-dealkylation sites (tertiary alicyclic amines) is 1. The first-order chi connectivity index (χ1) is 11.1. The van der Waals surface area contributed by atoms with Gasteiger partial charge in [0.05, 0.1) is 12.8 Å². The van der Waals surface area contributed by atoms with Gasteiger partial charge in [-0.15, -0.1) is 0 Å². The average molecular weight is 337 g/mol. The lowest BCUT2D eigenvalue weighted by Gasteiger charge is -2.29. The largest absolute Gasteiger partial charge is 0.465 e. The molecule has 1 aromatic heterocycles. The summed E-state index contributed by atoms with van der Waals surface area (Å²) in [5, 5.41) is 3.37. The number of carbonyl (C=O) groups excluding carboxylic acids is 2. The normalized spacial score (nSPS) is 21.7. The molecule has 0 spiro atoms. The number of nitrogens with zero attached hydrogens (tertiary/aromatic N) is 2. The molecule has 1 saturated heterocycles. The molecule has 2 heterocycles. The lowest BCUT2D eigenvalue weighted by atomic mass is 9.96. The Morgan fingerprint density at radius 3 is 2.70 bits per heavy atom. The van der Waals surface area contributed by atoms with E-state index in [1.165, 1.54) is 32.8 Å². The van der Waals surface area contributed by atoms with Crippen molar-refractivity contribution in [2.24, 2.45) is 5.92 Å². The van der Waals surface area contributed by atoms with Gasteiger partial charge < -0.3 is 9.64 Å². The third-order valence-electron chi connectivity index (χ3n) is 4.98. The molecule has 7 heteroatoms. The van der Waals surface area contributed by atoms with Crippen LogP contribution < -0.4 is 5.32 Å². The van der Waals surface area contributed by atoms with Crippen molar-refractivity contribution in [2.75, 3.05) is 19.0 Å². The van der Waals surface area contributed by atoms with E-state index in [-0.39, 0.29) is 6.03 Å². The number of aryl methyl sites for hydroxylation is 1.